The maximum atomic E-state index is 14.2. The molecule has 1 aromatic carbocycles. The summed E-state index contributed by atoms with van der Waals surface area (Å²) in [4.78, 5) is 27.9. The zero-order valence-corrected chi connectivity index (χ0v) is 17.9. The fraction of sp³-hybridized carbons (Fsp3) is 0.409. The largest absolute Gasteiger partial charge is 0.444 e. The lowest BCUT2D eigenvalue weighted by Gasteiger charge is -2.27. The highest BCUT2D eigenvalue weighted by Gasteiger charge is 2.27. The van der Waals surface area contributed by atoms with Gasteiger partial charge in [-0.1, -0.05) is 0 Å². The van der Waals surface area contributed by atoms with Crippen molar-refractivity contribution in [2.45, 2.75) is 58.3 Å². The lowest BCUT2D eigenvalue weighted by atomic mass is 9.97. The van der Waals surface area contributed by atoms with Crippen molar-refractivity contribution in [3.8, 4) is 0 Å². The summed E-state index contributed by atoms with van der Waals surface area (Å²) in [5, 5.41) is 16.0. The van der Waals surface area contributed by atoms with Gasteiger partial charge in [0.2, 0.25) is 5.91 Å². The number of pyridine rings is 1. The van der Waals surface area contributed by atoms with Crippen molar-refractivity contribution in [2.75, 3.05) is 5.32 Å². The third kappa shape index (κ3) is 7.93. The van der Waals surface area contributed by atoms with Gasteiger partial charge in [-0.15, -0.1) is 0 Å². The fourth-order valence-electron chi connectivity index (χ4n) is 2.92. The average Bonchev–Trinajstić information content (AvgIpc) is 2.63. The van der Waals surface area contributed by atoms with Gasteiger partial charge in [0.15, 0.2) is 0 Å². The Hall–Kier alpha value is -3.07. The molecule has 3 N–H and O–H groups in total. The number of carbonyl (C=O) groups excluding carboxylic acids is 2. The molecular formula is C22H27F2N3O4. The van der Waals surface area contributed by atoms with E-state index in [0.717, 1.165) is 18.2 Å². The number of amides is 2. The van der Waals surface area contributed by atoms with E-state index in [0.29, 0.717) is 11.4 Å². The number of halogens is 2. The molecule has 7 nitrogen and oxygen atoms in total. The Kier molecular flexibility index (Phi) is 8.04. The van der Waals surface area contributed by atoms with Crippen molar-refractivity contribution >= 4 is 17.7 Å². The SMILES string of the molecule is CC(=O)Nc1cccnc1C[C@H](O)[C@@H](Cc1cc(F)ccc1F)NC(=O)OC(C)(C)C. The van der Waals surface area contributed by atoms with Crippen LogP contribution in [0.4, 0.5) is 19.3 Å². The third-order valence-electron chi connectivity index (χ3n) is 4.22. The topological polar surface area (TPSA) is 101 Å². The summed E-state index contributed by atoms with van der Waals surface area (Å²) in [5.74, 6) is -1.62. The summed E-state index contributed by atoms with van der Waals surface area (Å²) >= 11 is 0. The van der Waals surface area contributed by atoms with Crippen LogP contribution in [0.1, 0.15) is 39.0 Å². The molecule has 31 heavy (non-hydrogen) atoms. The lowest BCUT2D eigenvalue weighted by molar-refractivity contribution is -0.114. The van der Waals surface area contributed by atoms with E-state index in [1.165, 1.54) is 13.1 Å². The first-order chi connectivity index (χ1) is 14.4. The Morgan fingerprint density at radius 1 is 1.19 bits per heavy atom. The highest BCUT2D eigenvalue weighted by atomic mass is 19.1. The molecule has 9 heteroatoms. The minimum Gasteiger partial charge on any atom is -0.444 e. The zero-order chi connectivity index (χ0) is 23.2. The van der Waals surface area contributed by atoms with E-state index in [9.17, 15) is 23.5 Å². The molecule has 2 atom stereocenters. The molecule has 2 amide bonds. The minimum atomic E-state index is -1.24. The zero-order valence-electron chi connectivity index (χ0n) is 17.9. The summed E-state index contributed by atoms with van der Waals surface area (Å²) in [5.41, 5.74) is -0.0189. The predicted molar refractivity (Wildman–Crippen MR) is 111 cm³/mol. The van der Waals surface area contributed by atoms with E-state index in [4.69, 9.17) is 4.74 Å². The van der Waals surface area contributed by atoms with Crippen LogP contribution >= 0.6 is 0 Å². The van der Waals surface area contributed by atoms with Gasteiger partial charge in [-0.2, -0.15) is 0 Å². The molecule has 168 valence electrons. The van der Waals surface area contributed by atoms with Gasteiger partial charge in [0.1, 0.15) is 17.2 Å². The molecule has 0 aliphatic heterocycles. The maximum absolute atomic E-state index is 14.2. The number of alkyl carbamates (subject to hydrolysis) is 1. The second kappa shape index (κ2) is 10.3. The van der Waals surface area contributed by atoms with Crippen LogP contribution in [-0.4, -0.2) is 39.8 Å². The number of rotatable bonds is 7. The molecule has 0 fully saturated rings. The van der Waals surface area contributed by atoms with Crippen molar-refractivity contribution in [3.05, 3.63) is 59.4 Å². The Balaban J connectivity index is 2.27. The quantitative estimate of drug-likeness (QED) is 0.619. The minimum absolute atomic E-state index is 0.0109. The van der Waals surface area contributed by atoms with E-state index >= 15 is 0 Å². The highest BCUT2D eigenvalue weighted by molar-refractivity contribution is 5.89. The van der Waals surface area contributed by atoms with Crippen molar-refractivity contribution in [1.82, 2.24) is 10.3 Å². The van der Waals surface area contributed by atoms with E-state index in [-0.39, 0.29) is 24.3 Å². The monoisotopic (exact) mass is 435 g/mol. The number of anilines is 1. The van der Waals surface area contributed by atoms with E-state index in [1.807, 2.05) is 0 Å². The molecule has 2 rings (SSSR count). The second-order valence-corrected chi connectivity index (χ2v) is 8.14. The van der Waals surface area contributed by atoms with Crippen LogP contribution < -0.4 is 10.6 Å². The number of carbonyl (C=O) groups is 2. The number of hydrogen-bond acceptors (Lipinski definition) is 5. The molecule has 0 saturated carbocycles. The first-order valence-corrected chi connectivity index (χ1v) is 9.77. The number of aliphatic hydroxyl groups is 1. The summed E-state index contributed by atoms with van der Waals surface area (Å²) in [6.45, 7) is 6.38. The van der Waals surface area contributed by atoms with Gasteiger partial charge < -0.3 is 20.5 Å². The van der Waals surface area contributed by atoms with Gasteiger partial charge in [0.25, 0.3) is 0 Å². The van der Waals surface area contributed by atoms with E-state index in [1.54, 1.807) is 32.9 Å². The third-order valence-corrected chi connectivity index (χ3v) is 4.22. The van der Waals surface area contributed by atoms with Gasteiger partial charge in [-0.05, 0) is 63.1 Å². The molecule has 0 bridgehead atoms. The Bertz CT molecular complexity index is 931. The van der Waals surface area contributed by atoms with Crippen LogP contribution in [0.5, 0.6) is 0 Å². The van der Waals surface area contributed by atoms with Gasteiger partial charge in [-0.25, -0.2) is 13.6 Å². The van der Waals surface area contributed by atoms with E-state index < -0.39 is 35.5 Å². The molecule has 0 aliphatic carbocycles. The summed E-state index contributed by atoms with van der Waals surface area (Å²) in [6.07, 6.45) is -0.801. The van der Waals surface area contributed by atoms with Gasteiger partial charge >= 0.3 is 6.09 Å². The maximum Gasteiger partial charge on any atom is 0.407 e. The number of ether oxygens (including phenoxy) is 1. The molecule has 1 aromatic heterocycles. The van der Waals surface area contributed by atoms with E-state index in [2.05, 4.69) is 15.6 Å². The predicted octanol–water partition coefficient (Wildman–Crippen LogP) is 3.36. The van der Waals surface area contributed by atoms with Crippen molar-refractivity contribution in [3.63, 3.8) is 0 Å². The molecule has 2 aromatic rings. The summed E-state index contributed by atoms with van der Waals surface area (Å²) in [6, 6.07) is 5.21. The van der Waals surface area contributed by atoms with Gasteiger partial charge in [0.05, 0.1) is 23.5 Å². The second-order valence-electron chi connectivity index (χ2n) is 8.14. The summed E-state index contributed by atoms with van der Waals surface area (Å²) < 4.78 is 33.0. The number of aliphatic hydroxyl groups excluding tert-OH is 1. The molecule has 0 unspecified atom stereocenters. The van der Waals surface area contributed by atoms with Crippen molar-refractivity contribution in [2.24, 2.45) is 0 Å². The highest BCUT2D eigenvalue weighted by Crippen LogP contribution is 2.19. The normalized spacial score (nSPS) is 13.3. The molecule has 0 spiro atoms. The van der Waals surface area contributed by atoms with Crippen molar-refractivity contribution < 1.29 is 28.2 Å². The molecule has 0 saturated heterocycles. The van der Waals surface area contributed by atoms with Gasteiger partial charge in [0, 0.05) is 19.5 Å². The number of hydrogen-bond donors (Lipinski definition) is 3. The smallest absolute Gasteiger partial charge is 0.407 e. The fourth-order valence-corrected chi connectivity index (χ4v) is 2.92. The van der Waals surface area contributed by atoms with Crippen LogP contribution in [0, 0.1) is 11.6 Å². The van der Waals surface area contributed by atoms with Crippen LogP contribution in [0.25, 0.3) is 0 Å². The van der Waals surface area contributed by atoms with Gasteiger partial charge in [-0.3, -0.25) is 9.78 Å². The van der Waals surface area contributed by atoms with Crippen LogP contribution in [0.2, 0.25) is 0 Å². The van der Waals surface area contributed by atoms with Crippen molar-refractivity contribution in [1.29, 1.82) is 0 Å². The number of aromatic nitrogens is 1. The van der Waals surface area contributed by atoms with Crippen LogP contribution in [-0.2, 0) is 22.4 Å². The molecule has 1 heterocycles. The Morgan fingerprint density at radius 3 is 2.55 bits per heavy atom. The lowest BCUT2D eigenvalue weighted by Crippen LogP contribution is -2.47. The number of nitrogens with one attached hydrogen (secondary N) is 2. The molecule has 0 radical (unpaired) electrons. The van der Waals surface area contributed by atoms with Crippen LogP contribution in [0.15, 0.2) is 36.5 Å². The molecule has 0 aliphatic rings. The average molecular weight is 435 g/mol. The Morgan fingerprint density at radius 2 is 1.90 bits per heavy atom. The Labute approximate surface area is 179 Å². The summed E-state index contributed by atoms with van der Waals surface area (Å²) in [7, 11) is 0. The van der Waals surface area contributed by atoms with Crippen LogP contribution in [0.3, 0.4) is 0 Å². The number of benzene rings is 1. The first-order valence-electron chi connectivity index (χ1n) is 9.77. The number of nitrogens with zero attached hydrogens (tertiary/aromatic N) is 1. The first kappa shape index (κ1) is 24.2. The standard InChI is InChI=1S/C22H27F2N3O4/c1-13(28)26-17-6-5-9-25-18(17)12-20(29)19(27-21(30)31-22(2,3)4)11-14-10-15(23)7-8-16(14)24/h5-10,19-20,29H,11-12H2,1-4H3,(H,26,28)(H,27,30)/t19-,20+/m1/s1. The molecular weight excluding hydrogens is 408 g/mol.